The maximum Gasteiger partial charge on any atom is 0.123 e. The molecule has 0 aliphatic carbocycles. The summed E-state index contributed by atoms with van der Waals surface area (Å²) in [5.74, 6) is -0.209. The van der Waals surface area contributed by atoms with Gasteiger partial charge in [0.1, 0.15) is 5.82 Å². The van der Waals surface area contributed by atoms with Gasteiger partial charge in [0.15, 0.2) is 0 Å². The molecule has 1 aromatic rings. The highest BCUT2D eigenvalue weighted by atomic mass is 19.1. The molecule has 0 bridgehead atoms. The van der Waals surface area contributed by atoms with Crippen molar-refractivity contribution in [1.29, 1.82) is 0 Å². The van der Waals surface area contributed by atoms with Gasteiger partial charge in [0, 0.05) is 32.7 Å². The molecule has 5 heteroatoms. The molecule has 20 heavy (non-hydrogen) atoms. The second-order valence-electron chi connectivity index (χ2n) is 5.37. The first kappa shape index (κ1) is 15.4. The Labute approximate surface area is 120 Å². The van der Waals surface area contributed by atoms with Crippen molar-refractivity contribution in [2.45, 2.75) is 19.5 Å². The minimum atomic E-state index is -0.209. The third kappa shape index (κ3) is 4.52. The zero-order valence-corrected chi connectivity index (χ0v) is 11.9. The van der Waals surface area contributed by atoms with Gasteiger partial charge in [-0.15, -0.1) is 0 Å². The summed E-state index contributed by atoms with van der Waals surface area (Å²) >= 11 is 0. The molecule has 0 aromatic heterocycles. The quantitative estimate of drug-likeness (QED) is 0.837. The molecule has 2 rings (SSSR count). The summed E-state index contributed by atoms with van der Waals surface area (Å²) in [6, 6.07) is 5.07. The van der Waals surface area contributed by atoms with Crippen LogP contribution in [0.4, 0.5) is 4.39 Å². The highest BCUT2D eigenvalue weighted by Crippen LogP contribution is 2.13. The molecule has 4 nitrogen and oxygen atoms in total. The van der Waals surface area contributed by atoms with E-state index in [2.05, 4.69) is 9.80 Å². The van der Waals surface area contributed by atoms with E-state index in [-0.39, 0.29) is 12.4 Å². The Morgan fingerprint density at radius 3 is 2.50 bits per heavy atom. The number of nitrogens with zero attached hydrogens (tertiary/aromatic N) is 2. The zero-order valence-electron chi connectivity index (χ0n) is 11.9. The van der Waals surface area contributed by atoms with Gasteiger partial charge in [-0.2, -0.15) is 0 Å². The maximum absolute atomic E-state index is 13.5. The van der Waals surface area contributed by atoms with Crippen LogP contribution in [0.25, 0.3) is 0 Å². The normalized spacial score (nSPS) is 18.1. The first-order valence-corrected chi connectivity index (χ1v) is 7.25. The van der Waals surface area contributed by atoms with E-state index in [0.29, 0.717) is 6.54 Å². The van der Waals surface area contributed by atoms with Crippen molar-refractivity contribution < 1.29 is 9.50 Å². The predicted molar refractivity (Wildman–Crippen MR) is 77.7 cm³/mol. The summed E-state index contributed by atoms with van der Waals surface area (Å²) in [7, 11) is 0. The molecule has 112 valence electrons. The van der Waals surface area contributed by atoms with Crippen LogP contribution in [0.2, 0.25) is 0 Å². The number of benzene rings is 1. The van der Waals surface area contributed by atoms with Gasteiger partial charge in [0.05, 0.1) is 6.61 Å². The van der Waals surface area contributed by atoms with Crippen LogP contribution in [0, 0.1) is 5.82 Å². The van der Waals surface area contributed by atoms with Crippen LogP contribution in [-0.2, 0) is 13.1 Å². The fourth-order valence-electron chi connectivity index (χ4n) is 2.73. The molecule has 0 saturated carbocycles. The number of rotatable bonds is 5. The lowest BCUT2D eigenvalue weighted by Crippen LogP contribution is -2.32. The predicted octanol–water partition coefficient (Wildman–Crippen LogP) is 0.784. The van der Waals surface area contributed by atoms with Crippen LogP contribution >= 0.6 is 0 Å². The lowest BCUT2D eigenvalue weighted by Gasteiger charge is -2.21. The second kappa shape index (κ2) is 7.69. The van der Waals surface area contributed by atoms with E-state index in [9.17, 15) is 4.39 Å². The van der Waals surface area contributed by atoms with E-state index >= 15 is 0 Å². The Bertz CT molecular complexity index is 428. The van der Waals surface area contributed by atoms with E-state index < -0.39 is 0 Å². The molecule has 3 N–H and O–H groups in total. The molecular weight excluding hydrogens is 257 g/mol. The van der Waals surface area contributed by atoms with Crippen molar-refractivity contribution >= 4 is 0 Å². The molecule has 0 spiro atoms. The fraction of sp³-hybridized carbons (Fsp3) is 0.600. The van der Waals surface area contributed by atoms with Crippen molar-refractivity contribution in [2.24, 2.45) is 5.73 Å². The summed E-state index contributed by atoms with van der Waals surface area (Å²) in [5, 5.41) is 8.99. The van der Waals surface area contributed by atoms with Gasteiger partial charge in [0.2, 0.25) is 0 Å². The van der Waals surface area contributed by atoms with E-state index in [0.717, 1.165) is 56.8 Å². The van der Waals surface area contributed by atoms with E-state index in [1.807, 2.05) is 6.07 Å². The molecule has 0 radical (unpaired) electrons. The smallest absolute Gasteiger partial charge is 0.123 e. The highest BCUT2D eigenvalue weighted by Gasteiger charge is 2.14. The molecule has 0 amide bonds. The van der Waals surface area contributed by atoms with Crippen molar-refractivity contribution in [3.63, 3.8) is 0 Å². The molecule has 1 aromatic carbocycles. The molecule has 0 unspecified atom stereocenters. The van der Waals surface area contributed by atoms with Gasteiger partial charge in [0.25, 0.3) is 0 Å². The number of hydrogen-bond acceptors (Lipinski definition) is 4. The largest absolute Gasteiger partial charge is 0.395 e. The van der Waals surface area contributed by atoms with Gasteiger partial charge in [-0.1, -0.05) is 6.07 Å². The van der Waals surface area contributed by atoms with Crippen LogP contribution in [0.15, 0.2) is 18.2 Å². The topological polar surface area (TPSA) is 52.7 Å². The molecule has 1 aliphatic rings. The number of β-amino-alcohol motifs (C(OH)–C–C–N with tert-alkyl or cyclic N) is 1. The lowest BCUT2D eigenvalue weighted by atomic mass is 10.1. The Morgan fingerprint density at radius 2 is 1.75 bits per heavy atom. The first-order chi connectivity index (χ1) is 9.71. The second-order valence-corrected chi connectivity index (χ2v) is 5.37. The molecule has 1 saturated heterocycles. The van der Waals surface area contributed by atoms with Crippen molar-refractivity contribution in [3.05, 3.63) is 35.1 Å². The average molecular weight is 281 g/mol. The SMILES string of the molecule is NCc1cc(F)cc(CN2CCCN(CCO)CC2)c1. The molecule has 1 aliphatic heterocycles. The summed E-state index contributed by atoms with van der Waals surface area (Å²) in [4.78, 5) is 4.61. The van der Waals surface area contributed by atoms with Gasteiger partial charge in [-0.05, 0) is 42.8 Å². The van der Waals surface area contributed by atoms with E-state index in [1.165, 1.54) is 6.07 Å². The van der Waals surface area contributed by atoms with Gasteiger partial charge in [-0.3, -0.25) is 9.80 Å². The molecule has 1 fully saturated rings. The Hall–Kier alpha value is -1.01. The van der Waals surface area contributed by atoms with Crippen molar-refractivity contribution in [3.8, 4) is 0 Å². The first-order valence-electron chi connectivity index (χ1n) is 7.25. The standard InChI is InChI=1S/C15H24FN3O/c16-15-9-13(11-17)8-14(10-15)12-19-3-1-2-18(4-5-19)6-7-20/h8-10,20H,1-7,11-12,17H2. The van der Waals surface area contributed by atoms with E-state index in [1.54, 1.807) is 6.07 Å². The number of halogens is 1. The Kier molecular flexibility index (Phi) is 5.91. The third-order valence-electron chi connectivity index (χ3n) is 3.76. The van der Waals surface area contributed by atoms with Gasteiger partial charge >= 0.3 is 0 Å². The average Bonchev–Trinajstić information content (AvgIpc) is 2.64. The fourth-order valence-corrected chi connectivity index (χ4v) is 2.73. The van der Waals surface area contributed by atoms with Gasteiger partial charge < -0.3 is 10.8 Å². The van der Waals surface area contributed by atoms with Crippen molar-refractivity contribution in [1.82, 2.24) is 9.80 Å². The summed E-state index contributed by atoms with van der Waals surface area (Å²) < 4.78 is 13.5. The van der Waals surface area contributed by atoms with Crippen LogP contribution in [0.1, 0.15) is 17.5 Å². The highest BCUT2D eigenvalue weighted by molar-refractivity contribution is 5.24. The lowest BCUT2D eigenvalue weighted by molar-refractivity contribution is 0.196. The summed E-state index contributed by atoms with van der Waals surface area (Å²) in [5.41, 5.74) is 7.42. The summed E-state index contributed by atoms with van der Waals surface area (Å²) in [6.45, 7) is 6.03. The van der Waals surface area contributed by atoms with Crippen LogP contribution in [-0.4, -0.2) is 54.2 Å². The van der Waals surface area contributed by atoms with Crippen LogP contribution in [0.5, 0.6) is 0 Å². The van der Waals surface area contributed by atoms with E-state index in [4.69, 9.17) is 10.8 Å². The number of aliphatic hydroxyl groups is 1. The van der Waals surface area contributed by atoms with Crippen molar-refractivity contribution in [2.75, 3.05) is 39.3 Å². The van der Waals surface area contributed by atoms with Crippen LogP contribution < -0.4 is 5.73 Å². The number of nitrogens with two attached hydrogens (primary N) is 1. The zero-order chi connectivity index (χ0) is 14.4. The van der Waals surface area contributed by atoms with Crippen LogP contribution in [0.3, 0.4) is 0 Å². The molecule has 0 atom stereocenters. The monoisotopic (exact) mass is 281 g/mol. The third-order valence-corrected chi connectivity index (χ3v) is 3.76. The molecule has 1 heterocycles. The number of hydrogen-bond donors (Lipinski definition) is 2. The molecular formula is C15H24FN3O. The summed E-state index contributed by atoms with van der Waals surface area (Å²) in [6.07, 6.45) is 1.08. The minimum absolute atomic E-state index is 0.209. The maximum atomic E-state index is 13.5. The Balaban J connectivity index is 1.94. The minimum Gasteiger partial charge on any atom is -0.395 e. The Morgan fingerprint density at radius 1 is 1.05 bits per heavy atom. The van der Waals surface area contributed by atoms with Gasteiger partial charge in [-0.25, -0.2) is 4.39 Å². The number of aliphatic hydroxyl groups excluding tert-OH is 1.